The van der Waals surface area contributed by atoms with Crippen molar-refractivity contribution in [3.05, 3.63) is 54.1 Å². The molecular formula is C29H35F3N2O5. The van der Waals surface area contributed by atoms with E-state index in [1.54, 1.807) is 0 Å². The van der Waals surface area contributed by atoms with Crippen molar-refractivity contribution >= 4 is 17.7 Å². The summed E-state index contributed by atoms with van der Waals surface area (Å²) in [6.45, 7) is 4.95. The number of amides is 2. The monoisotopic (exact) mass is 548 g/mol. The van der Waals surface area contributed by atoms with Crippen LogP contribution in [-0.4, -0.2) is 30.1 Å². The van der Waals surface area contributed by atoms with Gasteiger partial charge in [0.2, 0.25) is 0 Å². The van der Waals surface area contributed by atoms with Crippen LogP contribution in [-0.2, 0) is 4.79 Å². The first-order valence-electron chi connectivity index (χ1n) is 13.3. The summed E-state index contributed by atoms with van der Waals surface area (Å²) in [4.78, 5) is 23.6. The largest absolute Gasteiger partial charge is 0.573 e. The van der Waals surface area contributed by atoms with E-state index in [0.29, 0.717) is 41.7 Å². The fourth-order valence-corrected chi connectivity index (χ4v) is 6.10. The standard InChI is InChI=1S/C29H35F3N2O5/c1-28(2)20-8-5-19(24(28)17-20)16-25(18-6-11-22(12-7-18)38-15-3-4-26(35)36)34-27(37)33-21-9-13-23(14-10-21)39-29(30,31)32/h6-7,9-14,19-20,24-25H,3-5,8,15-17H2,1-2H3,(H,35,36)(H2,33,34,37). The average Bonchev–Trinajstić information content (AvgIpc) is 2.87. The maximum absolute atomic E-state index is 13.0. The molecule has 3 fully saturated rings. The van der Waals surface area contributed by atoms with Crippen LogP contribution in [0.15, 0.2) is 48.5 Å². The van der Waals surface area contributed by atoms with E-state index in [0.717, 1.165) is 36.5 Å². The molecule has 3 aliphatic rings. The van der Waals surface area contributed by atoms with E-state index in [9.17, 15) is 22.8 Å². The topological polar surface area (TPSA) is 96.9 Å². The molecule has 3 N–H and O–H groups in total. The summed E-state index contributed by atoms with van der Waals surface area (Å²) in [5, 5.41) is 14.5. The predicted molar refractivity (Wildman–Crippen MR) is 140 cm³/mol. The van der Waals surface area contributed by atoms with Gasteiger partial charge in [0.25, 0.3) is 0 Å². The molecule has 5 rings (SSSR count). The van der Waals surface area contributed by atoms with Gasteiger partial charge in [-0.15, -0.1) is 13.2 Å². The molecule has 10 heteroatoms. The molecule has 212 valence electrons. The molecular weight excluding hydrogens is 513 g/mol. The van der Waals surface area contributed by atoms with Crippen molar-refractivity contribution in [2.45, 2.75) is 64.8 Å². The zero-order valence-electron chi connectivity index (χ0n) is 22.1. The molecule has 4 atom stereocenters. The Kier molecular flexibility index (Phi) is 8.61. The maximum atomic E-state index is 13.0. The van der Waals surface area contributed by atoms with E-state index >= 15 is 0 Å². The number of rotatable bonds is 11. The van der Waals surface area contributed by atoms with Crippen LogP contribution in [0, 0.1) is 23.2 Å². The highest BCUT2D eigenvalue weighted by atomic mass is 19.4. The van der Waals surface area contributed by atoms with Crippen LogP contribution in [0.25, 0.3) is 0 Å². The summed E-state index contributed by atoms with van der Waals surface area (Å²) < 4.78 is 46.8. The third kappa shape index (κ3) is 7.58. The van der Waals surface area contributed by atoms with E-state index in [1.807, 2.05) is 24.3 Å². The molecule has 2 amide bonds. The number of hydrogen-bond acceptors (Lipinski definition) is 4. The van der Waals surface area contributed by atoms with Crippen LogP contribution in [0.3, 0.4) is 0 Å². The van der Waals surface area contributed by atoms with Crippen LogP contribution >= 0.6 is 0 Å². The Morgan fingerprint density at radius 3 is 2.31 bits per heavy atom. The molecule has 0 spiro atoms. The Morgan fingerprint density at radius 2 is 1.72 bits per heavy atom. The maximum Gasteiger partial charge on any atom is 0.573 e. The Morgan fingerprint density at radius 1 is 1.05 bits per heavy atom. The van der Waals surface area contributed by atoms with Gasteiger partial charge in [-0.2, -0.15) is 0 Å². The number of carbonyl (C=O) groups is 2. The highest BCUT2D eigenvalue weighted by molar-refractivity contribution is 5.89. The van der Waals surface area contributed by atoms with Gasteiger partial charge in [0.05, 0.1) is 12.6 Å². The van der Waals surface area contributed by atoms with Crippen molar-refractivity contribution in [1.82, 2.24) is 5.32 Å². The third-order valence-electron chi connectivity index (χ3n) is 8.28. The molecule has 39 heavy (non-hydrogen) atoms. The lowest BCUT2D eigenvalue weighted by Crippen LogP contribution is -2.53. The number of hydrogen-bond donors (Lipinski definition) is 3. The molecule has 2 aromatic rings. The zero-order valence-corrected chi connectivity index (χ0v) is 22.1. The molecule has 7 nitrogen and oxygen atoms in total. The summed E-state index contributed by atoms with van der Waals surface area (Å²) in [7, 11) is 0. The van der Waals surface area contributed by atoms with Gasteiger partial charge in [-0.3, -0.25) is 4.79 Å². The minimum atomic E-state index is -4.78. The molecule has 0 radical (unpaired) electrons. The number of halogens is 3. The smallest absolute Gasteiger partial charge is 0.494 e. The number of urea groups is 1. The summed E-state index contributed by atoms with van der Waals surface area (Å²) in [5.41, 5.74) is 1.55. The first kappa shape index (κ1) is 28.6. The normalized spacial score (nSPS) is 22.2. The number of carbonyl (C=O) groups excluding carboxylic acids is 1. The van der Waals surface area contributed by atoms with Gasteiger partial charge < -0.3 is 25.2 Å². The van der Waals surface area contributed by atoms with E-state index < -0.39 is 18.4 Å². The van der Waals surface area contributed by atoms with E-state index in [-0.39, 0.29) is 18.2 Å². The Bertz CT molecular complexity index is 1130. The lowest BCUT2D eigenvalue weighted by atomic mass is 9.45. The van der Waals surface area contributed by atoms with Crippen molar-refractivity contribution in [2.75, 3.05) is 11.9 Å². The van der Waals surface area contributed by atoms with Crippen LogP contribution in [0.2, 0.25) is 0 Å². The SMILES string of the molecule is CC1(C)C2CCC(CC(NC(=O)Nc3ccc(OC(F)(F)F)cc3)c3ccc(OCCCC(=O)O)cc3)C1C2. The minimum Gasteiger partial charge on any atom is -0.494 e. The summed E-state index contributed by atoms with van der Waals surface area (Å²) in [5.74, 6) is 1.21. The van der Waals surface area contributed by atoms with Crippen molar-refractivity contribution in [2.24, 2.45) is 23.2 Å². The Balaban J connectivity index is 1.42. The number of fused-ring (bicyclic) bond motifs is 2. The lowest BCUT2D eigenvalue weighted by Gasteiger charge is -2.60. The second kappa shape index (κ2) is 11.8. The minimum absolute atomic E-state index is 0.0387. The van der Waals surface area contributed by atoms with Crippen LogP contribution in [0.1, 0.15) is 64.0 Å². The molecule has 3 aliphatic carbocycles. The van der Waals surface area contributed by atoms with Gasteiger partial charge in [-0.25, -0.2) is 4.79 Å². The van der Waals surface area contributed by atoms with Gasteiger partial charge in [0, 0.05) is 12.1 Å². The molecule has 0 aromatic heterocycles. The fourth-order valence-electron chi connectivity index (χ4n) is 6.10. The number of carboxylic acids is 1. The van der Waals surface area contributed by atoms with E-state index in [4.69, 9.17) is 9.84 Å². The number of aliphatic carboxylic acids is 1. The van der Waals surface area contributed by atoms with Crippen molar-refractivity contribution in [3.8, 4) is 11.5 Å². The summed E-state index contributed by atoms with van der Waals surface area (Å²) >= 11 is 0. The van der Waals surface area contributed by atoms with Gasteiger partial charge >= 0.3 is 18.4 Å². The first-order chi connectivity index (χ1) is 18.4. The van der Waals surface area contributed by atoms with Crippen molar-refractivity contribution < 1.29 is 37.3 Å². The van der Waals surface area contributed by atoms with E-state index in [2.05, 4.69) is 29.2 Å². The molecule has 2 aromatic carbocycles. The molecule has 2 bridgehead atoms. The highest BCUT2D eigenvalue weighted by Crippen LogP contribution is 2.62. The molecule has 0 saturated heterocycles. The summed E-state index contributed by atoms with van der Waals surface area (Å²) in [6, 6.07) is 11.7. The van der Waals surface area contributed by atoms with E-state index in [1.165, 1.54) is 25.0 Å². The van der Waals surface area contributed by atoms with Crippen LogP contribution in [0.4, 0.5) is 23.7 Å². The van der Waals surface area contributed by atoms with Crippen LogP contribution in [0.5, 0.6) is 11.5 Å². The number of carboxylic acid groups (broad SMARTS) is 1. The average molecular weight is 549 g/mol. The van der Waals surface area contributed by atoms with Gasteiger partial charge in [-0.1, -0.05) is 26.0 Å². The summed E-state index contributed by atoms with van der Waals surface area (Å²) in [6.07, 6.45) is -0.0572. The van der Waals surface area contributed by atoms with Gasteiger partial charge in [0.1, 0.15) is 11.5 Å². The molecule has 3 saturated carbocycles. The number of nitrogens with one attached hydrogen (secondary N) is 2. The molecule has 4 unspecified atom stereocenters. The molecule has 0 heterocycles. The van der Waals surface area contributed by atoms with Gasteiger partial charge in [0.15, 0.2) is 0 Å². The molecule has 0 aliphatic heterocycles. The van der Waals surface area contributed by atoms with Crippen LogP contribution < -0.4 is 20.1 Å². The second-order valence-corrected chi connectivity index (χ2v) is 11.1. The zero-order chi connectivity index (χ0) is 28.2. The Hall–Kier alpha value is -3.43. The fraction of sp³-hybridized carbons (Fsp3) is 0.517. The highest BCUT2D eigenvalue weighted by Gasteiger charge is 2.54. The number of benzene rings is 2. The second-order valence-electron chi connectivity index (χ2n) is 11.1. The number of alkyl halides is 3. The Labute approximate surface area is 226 Å². The first-order valence-corrected chi connectivity index (χ1v) is 13.3. The lowest BCUT2D eigenvalue weighted by molar-refractivity contribution is -0.274. The predicted octanol–water partition coefficient (Wildman–Crippen LogP) is 7.15. The van der Waals surface area contributed by atoms with Crippen molar-refractivity contribution in [1.29, 1.82) is 0 Å². The third-order valence-corrected chi connectivity index (χ3v) is 8.28. The number of ether oxygens (including phenoxy) is 2. The number of anilines is 1. The van der Waals surface area contributed by atoms with Crippen molar-refractivity contribution in [3.63, 3.8) is 0 Å². The quantitative estimate of drug-likeness (QED) is 0.259. The van der Waals surface area contributed by atoms with Gasteiger partial charge in [-0.05, 0) is 97.2 Å².